The Morgan fingerprint density at radius 3 is 2.83 bits per heavy atom. The van der Waals surface area contributed by atoms with Gasteiger partial charge < -0.3 is 14.7 Å². The SMILES string of the molecule is Cc1[nH]c(=O)ccc1C(=O)NCc1ncoc1C. The number of rotatable bonds is 3. The van der Waals surface area contributed by atoms with Crippen LogP contribution in [0.2, 0.25) is 0 Å². The van der Waals surface area contributed by atoms with Crippen molar-refractivity contribution >= 4 is 5.91 Å². The Labute approximate surface area is 103 Å². The lowest BCUT2D eigenvalue weighted by Crippen LogP contribution is -2.25. The largest absolute Gasteiger partial charge is 0.448 e. The molecule has 0 radical (unpaired) electrons. The molecule has 0 atom stereocenters. The van der Waals surface area contributed by atoms with E-state index >= 15 is 0 Å². The minimum absolute atomic E-state index is 0.226. The van der Waals surface area contributed by atoms with E-state index in [2.05, 4.69) is 15.3 Å². The van der Waals surface area contributed by atoms with E-state index < -0.39 is 0 Å². The van der Waals surface area contributed by atoms with E-state index in [4.69, 9.17) is 4.42 Å². The summed E-state index contributed by atoms with van der Waals surface area (Å²) in [5.41, 5.74) is 1.44. The number of hydrogen-bond acceptors (Lipinski definition) is 4. The van der Waals surface area contributed by atoms with Gasteiger partial charge in [0, 0.05) is 11.8 Å². The van der Waals surface area contributed by atoms with Crippen molar-refractivity contribution in [1.82, 2.24) is 15.3 Å². The average molecular weight is 247 g/mol. The van der Waals surface area contributed by atoms with Crippen LogP contribution in [-0.4, -0.2) is 15.9 Å². The fraction of sp³-hybridized carbons (Fsp3) is 0.250. The van der Waals surface area contributed by atoms with Crippen molar-refractivity contribution in [3.8, 4) is 0 Å². The van der Waals surface area contributed by atoms with Crippen LogP contribution < -0.4 is 10.9 Å². The van der Waals surface area contributed by atoms with Crippen molar-refractivity contribution < 1.29 is 9.21 Å². The summed E-state index contributed by atoms with van der Waals surface area (Å²) < 4.78 is 5.03. The molecule has 0 aliphatic carbocycles. The van der Waals surface area contributed by atoms with Crippen LogP contribution in [0.25, 0.3) is 0 Å². The second-order valence-electron chi connectivity index (χ2n) is 3.90. The molecule has 1 amide bonds. The minimum atomic E-state index is -0.258. The lowest BCUT2D eigenvalue weighted by atomic mass is 10.2. The number of H-pyrrole nitrogens is 1. The van der Waals surface area contributed by atoms with E-state index in [1.807, 2.05) is 0 Å². The van der Waals surface area contributed by atoms with Gasteiger partial charge in [-0.25, -0.2) is 4.98 Å². The number of nitrogens with zero attached hydrogens (tertiary/aromatic N) is 1. The first-order chi connectivity index (χ1) is 8.58. The highest BCUT2D eigenvalue weighted by molar-refractivity contribution is 5.95. The predicted molar refractivity (Wildman–Crippen MR) is 64.2 cm³/mol. The lowest BCUT2D eigenvalue weighted by molar-refractivity contribution is 0.0949. The molecule has 0 aliphatic heterocycles. The molecular weight excluding hydrogens is 234 g/mol. The summed E-state index contributed by atoms with van der Waals surface area (Å²) in [6.45, 7) is 3.75. The van der Waals surface area contributed by atoms with Gasteiger partial charge in [0.15, 0.2) is 6.39 Å². The Balaban J connectivity index is 2.08. The van der Waals surface area contributed by atoms with Crippen LogP contribution in [0, 0.1) is 13.8 Å². The van der Waals surface area contributed by atoms with Crippen LogP contribution in [0.3, 0.4) is 0 Å². The molecule has 2 heterocycles. The maximum absolute atomic E-state index is 11.9. The van der Waals surface area contributed by atoms with Crippen molar-refractivity contribution in [2.75, 3.05) is 0 Å². The average Bonchev–Trinajstić information content (AvgIpc) is 2.72. The van der Waals surface area contributed by atoms with E-state index in [1.54, 1.807) is 13.8 Å². The molecule has 0 fully saturated rings. The molecule has 0 aromatic carbocycles. The molecule has 2 rings (SSSR count). The Hall–Kier alpha value is -2.37. The number of carbonyl (C=O) groups excluding carboxylic acids is 1. The summed E-state index contributed by atoms with van der Waals surface area (Å²) in [7, 11) is 0. The fourth-order valence-electron chi connectivity index (χ4n) is 1.58. The van der Waals surface area contributed by atoms with Gasteiger partial charge >= 0.3 is 0 Å². The number of hydrogen-bond donors (Lipinski definition) is 2. The monoisotopic (exact) mass is 247 g/mol. The quantitative estimate of drug-likeness (QED) is 0.843. The highest BCUT2D eigenvalue weighted by atomic mass is 16.3. The minimum Gasteiger partial charge on any atom is -0.448 e. The molecule has 0 bridgehead atoms. The topological polar surface area (TPSA) is 88.0 Å². The van der Waals surface area contributed by atoms with Gasteiger partial charge in [-0.2, -0.15) is 0 Å². The first-order valence-electron chi connectivity index (χ1n) is 5.45. The molecule has 0 unspecified atom stereocenters. The summed E-state index contributed by atoms with van der Waals surface area (Å²) >= 11 is 0. The molecule has 6 nitrogen and oxygen atoms in total. The van der Waals surface area contributed by atoms with Crippen LogP contribution in [0.4, 0.5) is 0 Å². The van der Waals surface area contributed by atoms with E-state index in [0.717, 1.165) is 0 Å². The van der Waals surface area contributed by atoms with Crippen molar-refractivity contribution in [2.45, 2.75) is 20.4 Å². The summed E-state index contributed by atoms with van der Waals surface area (Å²) in [6, 6.07) is 2.82. The van der Waals surface area contributed by atoms with Crippen molar-refractivity contribution in [3.05, 3.63) is 51.6 Å². The van der Waals surface area contributed by atoms with Gasteiger partial charge in [-0.05, 0) is 19.9 Å². The molecule has 0 saturated heterocycles. The number of nitrogens with one attached hydrogen (secondary N) is 2. The molecule has 0 spiro atoms. The Morgan fingerprint density at radius 1 is 1.44 bits per heavy atom. The first-order valence-corrected chi connectivity index (χ1v) is 5.45. The summed E-state index contributed by atoms with van der Waals surface area (Å²) in [6.07, 6.45) is 1.34. The predicted octanol–water partition coefficient (Wildman–Crippen LogP) is 0.910. The van der Waals surface area contributed by atoms with E-state index in [9.17, 15) is 9.59 Å². The third-order valence-corrected chi connectivity index (χ3v) is 2.62. The number of aromatic nitrogens is 2. The molecule has 2 aromatic rings. The number of amides is 1. The van der Waals surface area contributed by atoms with Crippen molar-refractivity contribution in [3.63, 3.8) is 0 Å². The number of oxazole rings is 1. The fourth-order valence-corrected chi connectivity index (χ4v) is 1.58. The third kappa shape index (κ3) is 2.48. The summed E-state index contributed by atoms with van der Waals surface area (Å²) in [4.78, 5) is 29.5. The van der Waals surface area contributed by atoms with Crippen LogP contribution in [0.1, 0.15) is 27.5 Å². The van der Waals surface area contributed by atoms with Crippen molar-refractivity contribution in [1.29, 1.82) is 0 Å². The van der Waals surface area contributed by atoms with Crippen LogP contribution in [0.5, 0.6) is 0 Å². The molecule has 2 aromatic heterocycles. The second kappa shape index (κ2) is 4.87. The molecule has 0 aliphatic rings. The van der Waals surface area contributed by atoms with Crippen molar-refractivity contribution in [2.24, 2.45) is 0 Å². The first kappa shape index (κ1) is 12.1. The van der Waals surface area contributed by atoms with Gasteiger partial charge in [0.05, 0.1) is 12.1 Å². The normalized spacial score (nSPS) is 10.3. The number of aryl methyl sites for hydroxylation is 2. The standard InChI is InChI=1S/C12H13N3O3/c1-7-9(3-4-11(16)15-7)12(17)13-5-10-8(2)18-6-14-10/h3-4,6H,5H2,1-2H3,(H,13,17)(H,15,16). The number of aromatic amines is 1. The molecular formula is C12H13N3O3. The molecule has 2 N–H and O–H groups in total. The highest BCUT2D eigenvalue weighted by Crippen LogP contribution is 2.05. The van der Waals surface area contributed by atoms with Crippen LogP contribution in [0.15, 0.2) is 27.7 Å². The van der Waals surface area contributed by atoms with Crippen LogP contribution in [-0.2, 0) is 6.54 Å². The molecule has 94 valence electrons. The Kier molecular flexibility index (Phi) is 3.27. The zero-order valence-corrected chi connectivity index (χ0v) is 10.1. The zero-order chi connectivity index (χ0) is 13.1. The third-order valence-electron chi connectivity index (χ3n) is 2.62. The Bertz CT molecular complexity index is 627. The van der Waals surface area contributed by atoms with E-state index in [0.29, 0.717) is 29.3 Å². The van der Waals surface area contributed by atoms with E-state index in [1.165, 1.54) is 18.5 Å². The number of carbonyl (C=O) groups is 1. The molecule has 6 heteroatoms. The smallest absolute Gasteiger partial charge is 0.253 e. The molecule has 0 saturated carbocycles. The lowest BCUT2D eigenvalue weighted by Gasteiger charge is -2.05. The van der Waals surface area contributed by atoms with Gasteiger partial charge in [0.2, 0.25) is 5.56 Å². The molecule has 18 heavy (non-hydrogen) atoms. The van der Waals surface area contributed by atoms with Gasteiger partial charge in [0.25, 0.3) is 5.91 Å². The van der Waals surface area contributed by atoms with Gasteiger partial charge in [-0.1, -0.05) is 0 Å². The second-order valence-corrected chi connectivity index (χ2v) is 3.90. The van der Waals surface area contributed by atoms with Gasteiger partial charge in [0.1, 0.15) is 11.5 Å². The van der Waals surface area contributed by atoms with E-state index in [-0.39, 0.29) is 11.5 Å². The zero-order valence-electron chi connectivity index (χ0n) is 10.1. The summed E-state index contributed by atoms with van der Waals surface area (Å²) in [5.74, 6) is 0.416. The maximum Gasteiger partial charge on any atom is 0.253 e. The Morgan fingerprint density at radius 2 is 2.22 bits per heavy atom. The summed E-state index contributed by atoms with van der Waals surface area (Å²) in [5, 5.41) is 2.72. The highest BCUT2D eigenvalue weighted by Gasteiger charge is 2.10. The maximum atomic E-state index is 11.9. The van der Waals surface area contributed by atoms with Gasteiger partial charge in [-0.15, -0.1) is 0 Å². The van der Waals surface area contributed by atoms with Crippen LogP contribution >= 0.6 is 0 Å². The number of pyridine rings is 1. The van der Waals surface area contributed by atoms with Gasteiger partial charge in [-0.3, -0.25) is 9.59 Å².